The van der Waals surface area contributed by atoms with Crippen LogP contribution in [0.4, 0.5) is 15.8 Å². The fourth-order valence-corrected chi connectivity index (χ4v) is 4.79. The molecule has 29 heavy (non-hydrogen) atoms. The molecule has 0 aliphatic carbocycles. The van der Waals surface area contributed by atoms with E-state index in [1.54, 1.807) is 11.9 Å². The number of pyridine rings is 2. The summed E-state index contributed by atoms with van der Waals surface area (Å²) in [5, 5.41) is 0.556. The third-order valence-electron chi connectivity index (χ3n) is 6.51. The van der Waals surface area contributed by atoms with Gasteiger partial charge in [-0.05, 0) is 26.5 Å². The van der Waals surface area contributed by atoms with Crippen molar-refractivity contribution in [1.29, 1.82) is 0 Å². The molecule has 5 heterocycles. The van der Waals surface area contributed by atoms with E-state index in [1.165, 1.54) is 10.6 Å². The number of piperazine rings is 1. The number of likely N-dealkylation sites (N-methyl/N-ethyl adjacent to an activating group) is 1. The second-order valence-corrected chi connectivity index (χ2v) is 8.27. The summed E-state index contributed by atoms with van der Waals surface area (Å²) in [7, 11) is 3.61. The van der Waals surface area contributed by atoms with Crippen LogP contribution >= 0.6 is 0 Å². The lowest BCUT2D eigenvalue weighted by Crippen LogP contribution is -2.66. The minimum atomic E-state index is -0.468. The minimum Gasteiger partial charge on any atom is -0.379 e. The number of fused-ring (bicyclic) bond motifs is 5. The van der Waals surface area contributed by atoms with Gasteiger partial charge in [0.1, 0.15) is 23.2 Å². The molecular weight excluding hydrogens is 377 g/mol. The molecule has 1 amide bonds. The quantitative estimate of drug-likeness (QED) is 0.701. The SMILES string of the molecule is CC1CN2c3c(c(=O)n(C)c4ncc(F)cc34)N(C3CCOC3)C(=O)C2CN1C. The van der Waals surface area contributed by atoms with Crippen LogP contribution in [0, 0.1) is 5.82 Å². The van der Waals surface area contributed by atoms with Crippen LogP contribution in [-0.2, 0) is 16.6 Å². The van der Waals surface area contributed by atoms with Crippen molar-refractivity contribution in [2.24, 2.45) is 7.05 Å². The zero-order valence-electron chi connectivity index (χ0n) is 16.8. The summed E-state index contributed by atoms with van der Waals surface area (Å²) in [6.07, 6.45) is 1.79. The van der Waals surface area contributed by atoms with Gasteiger partial charge in [-0.2, -0.15) is 0 Å². The Bertz CT molecular complexity index is 1060. The molecule has 0 N–H and O–H groups in total. The molecule has 0 aromatic carbocycles. The van der Waals surface area contributed by atoms with Gasteiger partial charge in [-0.3, -0.25) is 24.0 Å². The van der Waals surface area contributed by atoms with Gasteiger partial charge in [-0.25, -0.2) is 9.37 Å². The van der Waals surface area contributed by atoms with Crippen molar-refractivity contribution < 1.29 is 13.9 Å². The molecular formula is C20H24FN5O3. The van der Waals surface area contributed by atoms with Crippen LogP contribution < -0.4 is 15.4 Å². The van der Waals surface area contributed by atoms with Gasteiger partial charge in [-0.15, -0.1) is 0 Å². The number of nitrogens with zero attached hydrogens (tertiary/aromatic N) is 5. The number of carbonyl (C=O) groups is 1. The lowest BCUT2D eigenvalue weighted by atomic mass is 9.97. The van der Waals surface area contributed by atoms with Crippen LogP contribution in [0.15, 0.2) is 17.1 Å². The summed E-state index contributed by atoms with van der Waals surface area (Å²) in [6.45, 7) is 4.15. The van der Waals surface area contributed by atoms with Crippen LogP contribution in [0.25, 0.3) is 11.0 Å². The number of amides is 1. The highest BCUT2D eigenvalue weighted by atomic mass is 19.1. The van der Waals surface area contributed by atoms with Crippen LogP contribution in [0.2, 0.25) is 0 Å². The number of hydrogen-bond donors (Lipinski definition) is 0. The highest BCUT2D eigenvalue weighted by molar-refractivity contribution is 6.11. The molecule has 2 aromatic rings. The standard InChI is InChI=1S/C20H24FN5O3/c1-11-8-25-15(9-23(11)2)19(27)26(13-4-5-29-10-13)17-16(25)14-6-12(21)7-22-18(14)24(3)20(17)28/h6-7,11,13,15H,4-5,8-10H2,1-3H3. The summed E-state index contributed by atoms with van der Waals surface area (Å²) in [5.41, 5.74) is 1.06. The normalized spacial score (nSPS) is 27.4. The molecule has 154 valence electrons. The smallest absolute Gasteiger partial charge is 0.278 e. The predicted molar refractivity (Wildman–Crippen MR) is 107 cm³/mol. The molecule has 3 aliphatic heterocycles. The second kappa shape index (κ2) is 6.50. The van der Waals surface area contributed by atoms with Gasteiger partial charge in [-0.1, -0.05) is 0 Å². The number of carbonyl (C=O) groups excluding carboxylic acids is 1. The largest absolute Gasteiger partial charge is 0.379 e. The van der Waals surface area contributed by atoms with Gasteiger partial charge in [0.2, 0.25) is 0 Å². The zero-order valence-corrected chi connectivity index (χ0v) is 16.8. The van der Waals surface area contributed by atoms with Crippen LogP contribution in [0.5, 0.6) is 0 Å². The van der Waals surface area contributed by atoms with Crippen molar-refractivity contribution in [1.82, 2.24) is 14.5 Å². The Morgan fingerprint density at radius 3 is 2.72 bits per heavy atom. The predicted octanol–water partition coefficient (Wildman–Crippen LogP) is 0.717. The van der Waals surface area contributed by atoms with E-state index in [-0.39, 0.29) is 23.6 Å². The van der Waals surface area contributed by atoms with E-state index in [4.69, 9.17) is 4.74 Å². The summed E-state index contributed by atoms with van der Waals surface area (Å²) in [5.74, 6) is -0.558. The van der Waals surface area contributed by atoms with Gasteiger partial charge in [0, 0.05) is 38.2 Å². The number of anilines is 2. The maximum absolute atomic E-state index is 14.2. The van der Waals surface area contributed by atoms with E-state index in [2.05, 4.69) is 16.8 Å². The average molecular weight is 401 g/mol. The Morgan fingerprint density at radius 1 is 1.21 bits per heavy atom. The molecule has 0 spiro atoms. The van der Waals surface area contributed by atoms with Gasteiger partial charge in [0.25, 0.3) is 11.5 Å². The summed E-state index contributed by atoms with van der Waals surface area (Å²) in [6, 6.07) is 0.983. The number of hydrogen-bond acceptors (Lipinski definition) is 6. The first-order valence-electron chi connectivity index (χ1n) is 9.94. The average Bonchev–Trinajstić information content (AvgIpc) is 3.21. The van der Waals surface area contributed by atoms with E-state index in [1.807, 2.05) is 11.9 Å². The molecule has 9 heteroatoms. The zero-order chi connectivity index (χ0) is 20.4. The molecule has 2 aromatic heterocycles. The monoisotopic (exact) mass is 401 g/mol. The molecule has 0 radical (unpaired) electrons. The third-order valence-corrected chi connectivity index (χ3v) is 6.51. The van der Waals surface area contributed by atoms with Gasteiger partial charge >= 0.3 is 0 Å². The van der Waals surface area contributed by atoms with E-state index in [0.717, 1.165) is 6.20 Å². The van der Waals surface area contributed by atoms with Crippen LogP contribution in [-0.4, -0.2) is 71.8 Å². The van der Waals surface area contributed by atoms with Crippen molar-refractivity contribution in [3.8, 4) is 0 Å². The Hall–Kier alpha value is -2.52. The van der Waals surface area contributed by atoms with Crippen molar-refractivity contribution in [3.05, 3.63) is 28.4 Å². The highest BCUT2D eigenvalue weighted by Crippen LogP contribution is 2.42. The highest BCUT2D eigenvalue weighted by Gasteiger charge is 2.47. The first-order valence-corrected chi connectivity index (χ1v) is 9.94. The summed E-state index contributed by atoms with van der Waals surface area (Å²) >= 11 is 0. The molecule has 0 saturated carbocycles. The van der Waals surface area contributed by atoms with E-state index < -0.39 is 11.9 Å². The lowest BCUT2D eigenvalue weighted by molar-refractivity contribution is -0.121. The number of halogens is 1. The molecule has 2 saturated heterocycles. The van der Waals surface area contributed by atoms with E-state index >= 15 is 0 Å². The van der Waals surface area contributed by atoms with Gasteiger partial charge in [0.05, 0.1) is 24.5 Å². The maximum Gasteiger partial charge on any atom is 0.278 e. The maximum atomic E-state index is 14.2. The number of aromatic nitrogens is 2. The Morgan fingerprint density at radius 2 is 2.00 bits per heavy atom. The van der Waals surface area contributed by atoms with Gasteiger partial charge < -0.3 is 9.64 Å². The Kier molecular flexibility index (Phi) is 4.15. The van der Waals surface area contributed by atoms with Crippen LogP contribution in [0.1, 0.15) is 13.3 Å². The molecule has 3 atom stereocenters. The molecule has 8 nitrogen and oxygen atoms in total. The number of rotatable bonds is 1. The van der Waals surface area contributed by atoms with Crippen molar-refractivity contribution in [3.63, 3.8) is 0 Å². The van der Waals surface area contributed by atoms with Crippen molar-refractivity contribution in [2.45, 2.75) is 31.5 Å². The Labute approximate surface area is 167 Å². The number of ether oxygens (including phenoxy) is 1. The second-order valence-electron chi connectivity index (χ2n) is 8.27. The molecule has 0 bridgehead atoms. The topological polar surface area (TPSA) is 70.9 Å². The molecule has 5 rings (SSSR count). The van der Waals surface area contributed by atoms with Crippen LogP contribution in [0.3, 0.4) is 0 Å². The lowest BCUT2D eigenvalue weighted by Gasteiger charge is -2.50. The fraction of sp³-hybridized carbons (Fsp3) is 0.550. The third kappa shape index (κ3) is 2.60. The molecule has 3 unspecified atom stereocenters. The van der Waals surface area contributed by atoms with E-state index in [0.29, 0.717) is 55.1 Å². The number of aryl methyl sites for hydroxylation is 1. The van der Waals surface area contributed by atoms with Crippen molar-refractivity contribution >= 4 is 28.3 Å². The molecule has 2 fully saturated rings. The first kappa shape index (κ1) is 18.5. The Balaban J connectivity index is 1.84. The van der Waals surface area contributed by atoms with Crippen molar-refractivity contribution in [2.75, 3.05) is 43.2 Å². The summed E-state index contributed by atoms with van der Waals surface area (Å²) in [4.78, 5) is 36.9. The summed E-state index contributed by atoms with van der Waals surface area (Å²) < 4.78 is 21.1. The van der Waals surface area contributed by atoms with E-state index in [9.17, 15) is 14.0 Å². The minimum absolute atomic E-state index is 0.0902. The molecule has 3 aliphatic rings. The first-order chi connectivity index (χ1) is 13.9. The van der Waals surface area contributed by atoms with Gasteiger partial charge in [0.15, 0.2) is 0 Å². The fourth-order valence-electron chi connectivity index (χ4n) is 4.79.